The Kier molecular flexibility index (Phi) is 2.63. The Morgan fingerprint density at radius 1 is 1.71 bits per heavy atom. The van der Waals surface area contributed by atoms with E-state index in [-0.39, 0.29) is 5.91 Å². The van der Waals surface area contributed by atoms with Crippen LogP contribution in [0.25, 0.3) is 6.08 Å². The van der Waals surface area contributed by atoms with Crippen LogP contribution in [-0.4, -0.2) is 16.9 Å². The van der Waals surface area contributed by atoms with Crippen molar-refractivity contribution in [2.24, 2.45) is 0 Å². The van der Waals surface area contributed by atoms with Crippen molar-refractivity contribution < 1.29 is 4.79 Å². The lowest BCUT2D eigenvalue weighted by atomic mass is 10.4. The first-order chi connectivity index (χ1) is 6.74. The number of thiazole rings is 1. The Bertz CT molecular complexity index is 366. The second-order valence-corrected chi connectivity index (χ2v) is 4.47. The molecule has 1 heterocycles. The summed E-state index contributed by atoms with van der Waals surface area (Å²) in [6.07, 6.45) is 5.54. The molecule has 14 heavy (non-hydrogen) atoms. The number of nitrogens with zero attached hydrogens (tertiary/aromatic N) is 1. The molecule has 0 saturated heterocycles. The van der Waals surface area contributed by atoms with E-state index >= 15 is 0 Å². The van der Waals surface area contributed by atoms with Crippen LogP contribution in [0.1, 0.15) is 23.5 Å². The summed E-state index contributed by atoms with van der Waals surface area (Å²) >= 11 is 1.59. The summed E-state index contributed by atoms with van der Waals surface area (Å²) < 4.78 is 0. The zero-order chi connectivity index (χ0) is 9.97. The van der Waals surface area contributed by atoms with Crippen molar-refractivity contribution in [3.63, 3.8) is 0 Å². The minimum absolute atomic E-state index is 0.0156. The van der Waals surface area contributed by atoms with Gasteiger partial charge >= 0.3 is 0 Å². The number of hydrogen-bond donors (Lipinski definition) is 1. The number of hydrogen-bond acceptors (Lipinski definition) is 3. The molecule has 1 aromatic heterocycles. The lowest BCUT2D eigenvalue weighted by Gasteiger charge is -1.95. The van der Waals surface area contributed by atoms with Gasteiger partial charge in [-0.15, -0.1) is 11.3 Å². The van der Waals surface area contributed by atoms with Gasteiger partial charge in [0.25, 0.3) is 0 Å². The van der Waals surface area contributed by atoms with Crippen molar-refractivity contribution in [1.82, 2.24) is 10.3 Å². The number of aryl methyl sites for hydroxylation is 1. The van der Waals surface area contributed by atoms with Gasteiger partial charge in [-0.1, -0.05) is 0 Å². The highest BCUT2D eigenvalue weighted by molar-refractivity contribution is 7.09. The number of rotatable bonds is 3. The summed E-state index contributed by atoms with van der Waals surface area (Å²) in [6, 6.07) is 0.421. The van der Waals surface area contributed by atoms with Crippen LogP contribution in [0.3, 0.4) is 0 Å². The largest absolute Gasteiger partial charge is 0.350 e. The molecule has 2 rings (SSSR count). The minimum atomic E-state index is -0.0156. The molecule has 0 aliphatic heterocycles. The minimum Gasteiger partial charge on any atom is -0.350 e. The first kappa shape index (κ1) is 9.40. The van der Waals surface area contributed by atoms with E-state index in [4.69, 9.17) is 0 Å². The van der Waals surface area contributed by atoms with E-state index in [1.165, 1.54) is 0 Å². The molecule has 0 aromatic carbocycles. The van der Waals surface area contributed by atoms with E-state index in [2.05, 4.69) is 10.3 Å². The van der Waals surface area contributed by atoms with E-state index in [0.29, 0.717) is 6.04 Å². The molecule has 74 valence electrons. The molecule has 1 fully saturated rings. The second kappa shape index (κ2) is 3.92. The molecule has 4 heteroatoms. The standard InChI is InChI=1S/C10H12N2OS/c1-7-11-9(6-14-7)4-5-10(13)12-8-2-3-8/h4-6,8H,2-3H2,1H3,(H,12,13)/b5-4+. The lowest BCUT2D eigenvalue weighted by Crippen LogP contribution is -2.22. The van der Waals surface area contributed by atoms with Crippen LogP contribution in [0.4, 0.5) is 0 Å². The Morgan fingerprint density at radius 3 is 3.07 bits per heavy atom. The van der Waals surface area contributed by atoms with Gasteiger partial charge in [-0.25, -0.2) is 4.98 Å². The van der Waals surface area contributed by atoms with Crippen LogP contribution in [0.15, 0.2) is 11.5 Å². The molecule has 1 aliphatic rings. The predicted octanol–water partition coefficient (Wildman–Crippen LogP) is 1.74. The van der Waals surface area contributed by atoms with E-state index in [9.17, 15) is 4.79 Å². The molecule has 1 N–H and O–H groups in total. The average Bonchev–Trinajstić information content (AvgIpc) is 2.85. The molecule has 0 spiro atoms. The highest BCUT2D eigenvalue weighted by Gasteiger charge is 2.21. The smallest absolute Gasteiger partial charge is 0.244 e. The van der Waals surface area contributed by atoms with Gasteiger partial charge in [0, 0.05) is 17.5 Å². The fourth-order valence-corrected chi connectivity index (χ4v) is 1.68. The molecular weight excluding hydrogens is 196 g/mol. The Labute approximate surface area is 86.9 Å². The first-order valence-corrected chi connectivity index (χ1v) is 5.53. The van der Waals surface area contributed by atoms with Crippen LogP contribution in [0.2, 0.25) is 0 Å². The summed E-state index contributed by atoms with van der Waals surface area (Å²) in [5.74, 6) is -0.0156. The molecule has 0 atom stereocenters. The van der Waals surface area contributed by atoms with Gasteiger partial charge < -0.3 is 5.32 Å². The maximum atomic E-state index is 11.3. The van der Waals surface area contributed by atoms with Crippen molar-refractivity contribution in [2.45, 2.75) is 25.8 Å². The Hall–Kier alpha value is -1.16. The molecule has 0 bridgehead atoms. The van der Waals surface area contributed by atoms with Gasteiger partial charge in [0.05, 0.1) is 10.7 Å². The lowest BCUT2D eigenvalue weighted by molar-refractivity contribution is -0.116. The molecule has 0 unspecified atom stereocenters. The number of nitrogens with one attached hydrogen (secondary N) is 1. The fraction of sp³-hybridized carbons (Fsp3) is 0.400. The van der Waals surface area contributed by atoms with Gasteiger partial charge in [-0.3, -0.25) is 4.79 Å². The summed E-state index contributed by atoms with van der Waals surface area (Å²) in [7, 11) is 0. The number of carbonyl (C=O) groups excluding carboxylic acids is 1. The highest BCUT2D eigenvalue weighted by atomic mass is 32.1. The van der Waals surface area contributed by atoms with E-state index in [0.717, 1.165) is 23.5 Å². The topological polar surface area (TPSA) is 42.0 Å². The van der Waals surface area contributed by atoms with Crippen LogP contribution in [-0.2, 0) is 4.79 Å². The van der Waals surface area contributed by atoms with Crippen molar-refractivity contribution >= 4 is 23.3 Å². The molecule has 3 nitrogen and oxygen atoms in total. The summed E-state index contributed by atoms with van der Waals surface area (Å²) in [5.41, 5.74) is 0.860. The summed E-state index contributed by atoms with van der Waals surface area (Å²) in [6.45, 7) is 1.95. The fourth-order valence-electron chi connectivity index (χ4n) is 1.09. The van der Waals surface area contributed by atoms with Gasteiger partial charge in [0.2, 0.25) is 5.91 Å². The first-order valence-electron chi connectivity index (χ1n) is 4.65. The molecule has 1 aromatic rings. The van der Waals surface area contributed by atoms with Crippen LogP contribution < -0.4 is 5.32 Å². The van der Waals surface area contributed by atoms with Gasteiger partial charge in [0.15, 0.2) is 0 Å². The molecule has 1 amide bonds. The highest BCUT2D eigenvalue weighted by Crippen LogP contribution is 2.18. The van der Waals surface area contributed by atoms with Crippen molar-refractivity contribution in [2.75, 3.05) is 0 Å². The third-order valence-electron chi connectivity index (χ3n) is 1.97. The molecule has 1 aliphatic carbocycles. The van der Waals surface area contributed by atoms with Crippen molar-refractivity contribution in [3.05, 3.63) is 22.2 Å². The summed E-state index contributed by atoms with van der Waals surface area (Å²) in [4.78, 5) is 15.5. The molecular formula is C10H12N2OS. The number of aromatic nitrogens is 1. The zero-order valence-corrected chi connectivity index (χ0v) is 8.80. The van der Waals surface area contributed by atoms with E-state index < -0.39 is 0 Å². The normalized spacial score (nSPS) is 16.1. The van der Waals surface area contributed by atoms with E-state index in [1.807, 2.05) is 12.3 Å². The molecule has 1 saturated carbocycles. The maximum absolute atomic E-state index is 11.3. The third-order valence-corrected chi connectivity index (χ3v) is 2.76. The Balaban J connectivity index is 1.88. The van der Waals surface area contributed by atoms with Crippen molar-refractivity contribution in [3.8, 4) is 0 Å². The molecule has 0 radical (unpaired) electrons. The van der Waals surface area contributed by atoms with Gasteiger partial charge in [-0.2, -0.15) is 0 Å². The van der Waals surface area contributed by atoms with Crippen LogP contribution >= 0.6 is 11.3 Å². The van der Waals surface area contributed by atoms with Gasteiger partial charge in [-0.05, 0) is 25.8 Å². The predicted molar refractivity (Wildman–Crippen MR) is 57.0 cm³/mol. The quantitative estimate of drug-likeness (QED) is 0.769. The Morgan fingerprint density at radius 2 is 2.50 bits per heavy atom. The number of carbonyl (C=O) groups is 1. The average molecular weight is 208 g/mol. The van der Waals surface area contributed by atoms with Gasteiger partial charge in [0.1, 0.15) is 0 Å². The van der Waals surface area contributed by atoms with E-state index in [1.54, 1.807) is 23.5 Å². The zero-order valence-electron chi connectivity index (χ0n) is 7.99. The maximum Gasteiger partial charge on any atom is 0.244 e. The van der Waals surface area contributed by atoms with Crippen LogP contribution in [0, 0.1) is 6.92 Å². The second-order valence-electron chi connectivity index (χ2n) is 3.41. The van der Waals surface area contributed by atoms with Crippen LogP contribution in [0.5, 0.6) is 0 Å². The number of amides is 1. The van der Waals surface area contributed by atoms with Crippen molar-refractivity contribution in [1.29, 1.82) is 0 Å². The monoisotopic (exact) mass is 208 g/mol. The summed E-state index contributed by atoms with van der Waals surface area (Å²) in [5, 5.41) is 5.84. The SMILES string of the molecule is Cc1nc(/C=C/C(=O)NC2CC2)cs1. The third kappa shape index (κ3) is 2.67.